The van der Waals surface area contributed by atoms with Gasteiger partial charge in [0.2, 0.25) is 0 Å². The predicted molar refractivity (Wildman–Crippen MR) is 144 cm³/mol. The second-order valence-electron chi connectivity index (χ2n) is 8.34. The molecule has 0 unspecified atom stereocenters. The Labute approximate surface area is 222 Å². The van der Waals surface area contributed by atoms with Gasteiger partial charge in [0, 0.05) is 41.2 Å². The Kier molecular flexibility index (Phi) is 13.0. The lowest BCUT2D eigenvalue weighted by Crippen LogP contribution is -2.19. The van der Waals surface area contributed by atoms with E-state index in [0.717, 1.165) is 56.5 Å². The summed E-state index contributed by atoms with van der Waals surface area (Å²) in [4.78, 5) is 37.4. The van der Waals surface area contributed by atoms with Crippen molar-refractivity contribution in [2.24, 2.45) is 0 Å². The fraction of sp³-hybridized carbons (Fsp3) is 0.321. The van der Waals surface area contributed by atoms with Crippen LogP contribution in [0.25, 0.3) is 0 Å². The molecule has 37 heavy (non-hydrogen) atoms. The summed E-state index contributed by atoms with van der Waals surface area (Å²) in [5.41, 5.74) is 7.60. The lowest BCUT2D eigenvalue weighted by atomic mass is 10.0. The van der Waals surface area contributed by atoms with Gasteiger partial charge in [-0.05, 0) is 61.4 Å². The van der Waals surface area contributed by atoms with Crippen LogP contribution in [-0.4, -0.2) is 41.7 Å². The van der Waals surface area contributed by atoms with Crippen LogP contribution in [0, 0.1) is 0 Å². The Hall–Kier alpha value is -3.62. The van der Waals surface area contributed by atoms with Crippen LogP contribution in [0.5, 0.6) is 0 Å². The number of allylic oxidation sites excluding steroid dienone is 1. The van der Waals surface area contributed by atoms with Crippen LogP contribution in [0.3, 0.4) is 0 Å². The van der Waals surface area contributed by atoms with E-state index >= 15 is 0 Å². The molecule has 8 nitrogen and oxygen atoms in total. The molecule has 0 spiro atoms. The maximum absolute atomic E-state index is 11.3. The molecular weight excluding hydrogens is 496 g/mol. The van der Waals surface area contributed by atoms with E-state index < -0.39 is 11.9 Å². The van der Waals surface area contributed by atoms with E-state index in [1.165, 1.54) is 35.7 Å². The van der Waals surface area contributed by atoms with Crippen molar-refractivity contribution in [3.8, 4) is 0 Å². The number of carboxylic acids is 2. The maximum Gasteiger partial charge on any atom is 0.328 e. The lowest BCUT2D eigenvalue weighted by molar-refractivity contribution is -0.134. The molecule has 2 aromatic rings. The van der Waals surface area contributed by atoms with E-state index in [4.69, 9.17) is 21.8 Å². The predicted octanol–water partition coefficient (Wildman–Crippen LogP) is 5.47. The molecule has 0 bridgehead atoms. The Bertz CT molecular complexity index is 1100. The zero-order chi connectivity index (χ0) is 27.0. The van der Waals surface area contributed by atoms with Crippen molar-refractivity contribution in [3.05, 3.63) is 82.9 Å². The molecular formula is C28H33ClN2O6. The number of halogens is 1. The van der Waals surface area contributed by atoms with Crippen LogP contribution in [0.4, 0.5) is 11.4 Å². The molecule has 9 heteroatoms. The van der Waals surface area contributed by atoms with Gasteiger partial charge in [0.15, 0.2) is 0 Å². The highest BCUT2D eigenvalue weighted by Crippen LogP contribution is 2.37. The fourth-order valence-electron chi connectivity index (χ4n) is 3.98. The topological polar surface area (TPSA) is 116 Å². The molecule has 0 radical (unpaired) electrons. The first-order valence-electron chi connectivity index (χ1n) is 12.1. The zero-order valence-corrected chi connectivity index (χ0v) is 21.6. The monoisotopic (exact) mass is 528 g/mol. The molecule has 1 amide bonds. The van der Waals surface area contributed by atoms with E-state index in [9.17, 15) is 14.4 Å². The number of hydrogen-bond acceptors (Lipinski definition) is 5. The molecule has 2 aromatic carbocycles. The number of rotatable bonds is 11. The molecule has 1 aliphatic rings. The Balaban J connectivity index is 0.000000521. The molecule has 0 aromatic heterocycles. The smallest absolute Gasteiger partial charge is 0.328 e. The van der Waals surface area contributed by atoms with Gasteiger partial charge in [-0.1, -0.05) is 54.8 Å². The first-order chi connectivity index (χ1) is 17.8. The molecule has 0 atom stereocenters. The number of nitrogens with one attached hydrogen (secondary N) is 1. The summed E-state index contributed by atoms with van der Waals surface area (Å²) in [6.07, 6.45) is 12.1. The van der Waals surface area contributed by atoms with Crippen LogP contribution in [-0.2, 0) is 32.1 Å². The van der Waals surface area contributed by atoms with Crippen molar-refractivity contribution in [1.82, 2.24) is 5.48 Å². The number of nitrogens with zero attached hydrogens (tertiary/aromatic N) is 1. The second-order valence-corrected chi connectivity index (χ2v) is 8.78. The molecule has 1 heterocycles. The number of fused-ring (bicyclic) bond motifs is 2. The van der Waals surface area contributed by atoms with E-state index in [1.54, 1.807) is 0 Å². The number of hydroxylamine groups is 1. The zero-order valence-electron chi connectivity index (χ0n) is 20.9. The van der Waals surface area contributed by atoms with Crippen LogP contribution in [0.1, 0.15) is 43.2 Å². The first-order valence-corrected chi connectivity index (χ1v) is 12.5. The third-order valence-electron chi connectivity index (χ3n) is 5.63. The summed E-state index contributed by atoms with van der Waals surface area (Å²) < 4.78 is 0. The number of carboxylic acid groups (broad SMARTS) is 2. The van der Waals surface area contributed by atoms with Gasteiger partial charge in [-0.25, -0.2) is 15.1 Å². The second kappa shape index (κ2) is 16.2. The number of anilines is 2. The number of aliphatic carboxylic acids is 2. The van der Waals surface area contributed by atoms with E-state index in [-0.39, 0.29) is 5.91 Å². The van der Waals surface area contributed by atoms with Crippen molar-refractivity contribution in [1.29, 1.82) is 0 Å². The van der Waals surface area contributed by atoms with Crippen molar-refractivity contribution in [2.75, 3.05) is 18.6 Å². The highest BCUT2D eigenvalue weighted by atomic mass is 35.5. The van der Waals surface area contributed by atoms with Gasteiger partial charge in [0.25, 0.3) is 5.91 Å². The van der Waals surface area contributed by atoms with Gasteiger partial charge < -0.3 is 15.1 Å². The minimum Gasteiger partial charge on any atom is -0.478 e. The summed E-state index contributed by atoms with van der Waals surface area (Å²) in [6, 6.07) is 15.0. The molecule has 3 rings (SSSR count). The fourth-order valence-corrected chi connectivity index (χ4v) is 4.14. The maximum atomic E-state index is 11.3. The van der Waals surface area contributed by atoms with Gasteiger partial charge in [0.05, 0.1) is 7.11 Å². The normalized spacial score (nSPS) is 12.3. The SMILES string of the molecule is CONC(=O)/C=C/CCCCCCN1c2ccccc2CCc2ccc(Cl)cc21.O=C(O)/C=C\C(=O)O. The number of unbranched alkanes of at least 4 members (excludes halogenated alkanes) is 4. The molecule has 1 aliphatic heterocycles. The van der Waals surface area contributed by atoms with Gasteiger partial charge in [-0.2, -0.15) is 0 Å². The van der Waals surface area contributed by atoms with Crippen LogP contribution < -0.4 is 10.4 Å². The number of carbonyl (C=O) groups excluding carboxylic acids is 1. The van der Waals surface area contributed by atoms with Crippen molar-refractivity contribution >= 4 is 40.8 Å². The average Bonchev–Trinajstić information content (AvgIpc) is 3.01. The minimum absolute atomic E-state index is 0.218. The number of para-hydroxylation sites is 1. The quantitative estimate of drug-likeness (QED) is 0.201. The van der Waals surface area contributed by atoms with Gasteiger partial charge in [0.1, 0.15) is 0 Å². The third kappa shape index (κ3) is 10.9. The summed E-state index contributed by atoms with van der Waals surface area (Å²) in [5.74, 6) is -2.73. The van der Waals surface area contributed by atoms with Crippen molar-refractivity contribution in [2.45, 2.75) is 44.9 Å². The Morgan fingerprint density at radius 2 is 1.57 bits per heavy atom. The van der Waals surface area contributed by atoms with Gasteiger partial charge in [-0.15, -0.1) is 0 Å². The van der Waals surface area contributed by atoms with Crippen molar-refractivity contribution in [3.63, 3.8) is 0 Å². The summed E-state index contributed by atoms with van der Waals surface area (Å²) >= 11 is 6.33. The number of aryl methyl sites for hydroxylation is 2. The van der Waals surface area contributed by atoms with Gasteiger partial charge in [-0.3, -0.25) is 9.63 Å². The first kappa shape index (κ1) is 29.6. The highest BCUT2D eigenvalue weighted by Gasteiger charge is 2.20. The minimum atomic E-state index is -1.26. The average molecular weight is 529 g/mol. The van der Waals surface area contributed by atoms with Crippen LogP contribution in [0.2, 0.25) is 5.02 Å². The standard InChI is InChI=1S/C24H29ClN2O2.C4H4O4/c1-29-26-24(28)12-6-4-2-3-5-9-17-27-22-11-8-7-10-19(22)13-14-20-15-16-21(25)18-23(20)27;5-3(6)1-2-4(7)8/h6-8,10-12,15-16,18H,2-5,9,13-14,17H2,1H3,(H,26,28);1-2H,(H,5,6)(H,7,8)/b12-6+;2-1-. The summed E-state index contributed by atoms with van der Waals surface area (Å²) in [6.45, 7) is 0.983. The number of benzene rings is 2. The molecule has 0 aliphatic carbocycles. The van der Waals surface area contributed by atoms with Crippen LogP contribution >= 0.6 is 11.6 Å². The number of hydrogen-bond donors (Lipinski definition) is 3. The van der Waals surface area contributed by atoms with Crippen LogP contribution in [0.15, 0.2) is 66.8 Å². The number of carbonyl (C=O) groups is 3. The van der Waals surface area contributed by atoms with Crippen molar-refractivity contribution < 1.29 is 29.4 Å². The highest BCUT2D eigenvalue weighted by molar-refractivity contribution is 6.30. The Morgan fingerprint density at radius 3 is 2.24 bits per heavy atom. The molecule has 3 N–H and O–H groups in total. The summed E-state index contributed by atoms with van der Waals surface area (Å²) in [5, 5.41) is 16.4. The van der Waals surface area contributed by atoms with E-state index in [1.807, 2.05) is 12.1 Å². The van der Waals surface area contributed by atoms with E-state index in [2.05, 4.69) is 51.6 Å². The number of amides is 1. The molecule has 0 fully saturated rings. The van der Waals surface area contributed by atoms with E-state index in [0.29, 0.717) is 12.2 Å². The van der Waals surface area contributed by atoms with Gasteiger partial charge >= 0.3 is 11.9 Å². The molecule has 0 saturated carbocycles. The third-order valence-corrected chi connectivity index (χ3v) is 5.86. The molecule has 198 valence electrons. The Morgan fingerprint density at radius 1 is 0.919 bits per heavy atom. The molecule has 0 saturated heterocycles. The lowest BCUT2D eigenvalue weighted by Gasteiger charge is -2.27. The summed E-state index contributed by atoms with van der Waals surface area (Å²) in [7, 11) is 1.43. The largest absolute Gasteiger partial charge is 0.478 e.